The predicted molar refractivity (Wildman–Crippen MR) is 72.4 cm³/mol. The monoisotopic (exact) mass is 283 g/mol. The number of anilines is 1. The van der Waals surface area contributed by atoms with Gasteiger partial charge < -0.3 is 10.1 Å². The number of carbonyl (C=O) groups excluding carboxylic acids is 1. The number of methoxy groups -OCH3 is 1. The molecule has 2 aromatic rings. The van der Waals surface area contributed by atoms with Gasteiger partial charge in [-0.3, -0.25) is 0 Å². The molecule has 1 N–H and O–H groups in total. The van der Waals surface area contributed by atoms with Crippen LogP contribution in [0.1, 0.15) is 26.1 Å². The summed E-state index contributed by atoms with van der Waals surface area (Å²) in [4.78, 5) is 20.8. The fraction of sp³-hybridized carbons (Fsp3) is 0.364. The molecule has 0 saturated carbocycles. The van der Waals surface area contributed by atoms with Crippen LogP contribution in [0.5, 0.6) is 0 Å². The van der Waals surface area contributed by atoms with Gasteiger partial charge in [0.25, 0.3) is 0 Å². The SMILES string of the molecule is COC(=O)c1nc(NCc2nc(C)cs2)sc1C. The molecule has 0 amide bonds. The van der Waals surface area contributed by atoms with Crippen LogP contribution in [0.15, 0.2) is 5.38 Å². The highest BCUT2D eigenvalue weighted by molar-refractivity contribution is 7.15. The van der Waals surface area contributed by atoms with E-state index in [1.165, 1.54) is 18.4 Å². The molecule has 0 atom stereocenters. The Hall–Kier alpha value is -1.47. The Kier molecular flexibility index (Phi) is 3.93. The third-order valence-electron chi connectivity index (χ3n) is 2.23. The second kappa shape index (κ2) is 5.45. The van der Waals surface area contributed by atoms with Crippen molar-refractivity contribution in [2.75, 3.05) is 12.4 Å². The highest BCUT2D eigenvalue weighted by Crippen LogP contribution is 2.23. The second-order valence-electron chi connectivity index (χ2n) is 3.65. The molecule has 2 rings (SSSR count). The number of thiazole rings is 2. The molecule has 0 radical (unpaired) electrons. The fourth-order valence-corrected chi connectivity index (χ4v) is 2.90. The number of ether oxygens (including phenoxy) is 1. The van der Waals surface area contributed by atoms with Crippen LogP contribution < -0.4 is 5.32 Å². The van der Waals surface area contributed by atoms with E-state index in [0.717, 1.165) is 15.6 Å². The quantitative estimate of drug-likeness (QED) is 0.874. The van der Waals surface area contributed by atoms with Gasteiger partial charge in [-0.1, -0.05) is 0 Å². The van der Waals surface area contributed by atoms with Gasteiger partial charge in [0.2, 0.25) is 0 Å². The van der Waals surface area contributed by atoms with Gasteiger partial charge in [-0.25, -0.2) is 14.8 Å². The summed E-state index contributed by atoms with van der Waals surface area (Å²) in [5.74, 6) is -0.401. The van der Waals surface area contributed by atoms with Crippen molar-refractivity contribution >= 4 is 33.8 Å². The summed E-state index contributed by atoms with van der Waals surface area (Å²) in [6, 6.07) is 0. The first-order valence-electron chi connectivity index (χ1n) is 5.30. The molecular formula is C11H13N3O2S2. The minimum atomic E-state index is -0.401. The van der Waals surface area contributed by atoms with E-state index in [1.807, 2.05) is 19.2 Å². The number of hydrogen-bond acceptors (Lipinski definition) is 7. The van der Waals surface area contributed by atoms with Gasteiger partial charge in [0, 0.05) is 16.0 Å². The molecule has 0 aliphatic rings. The molecular weight excluding hydrogens is 270 g/mol. The zero-order valence-corrected chi connectivity index (χ0v) is 11.9. The van der Waals surface area contributed by atoms with Crippen molar-refractivity contribution in [1.82, 2.24) is 9.97 Å². The number of nitrogens with one attached hydrogen (secondary N) is 1. The van der Waals surface area contributed by atoms with E-state index in [4.69, 9.17) is 0 Å². The summed E-state index contributed by atoms with van der Waals surface area (Å²) >= 11 is 3.04. The van der Waals surface area contributed by atoms with Gasteiger partial charge in [-0.05, 0) is 13.8 Å². The van der Waals surface area contributed by atoms with Crippen LogP contribution in [0, 0.1) is 13.8 Å². The lowest BCUT2D eigenvalue weighted by atomic mass is 10.4. The van der Waals surface area contributed by atoms with E-state index >= 15 is 0 Å². The zero-order chi connectivity index (χ0) is 13.1. The summed E-state index contributed by atoms with van der Waals surface area (Å²) in [5.41, 5.74) is 1.39. The Bertz CT molecular complexity index is 562. The maximum absolute atomic E-state index is 11.4. The largest absolute Gasteiger partial charge is 0.464 e. The summed E-state index contributed by atoms with van der Waals surface area (Å²) in [5, 5.41) is 6.87. The molecule has 2 heterocycles. The third-order valence-corrected chi connectivity index (χ3v) is 4.13. The number of hydrogen-bond donors (Lipinski definition) is 1. The Labute approximate surface area is 113 Å². The fourth-order valence-electron chi connectivity index (χ4n) is 1.39. The van der Waals surface area contributed by atoms with Crippen molar-refractivity contribution in [3.05, 3.63) is 26.7 Å². The third kappa shape index (κ3) is 2.85. The summed E-state index contributed by atoms with van der Waals surface area (Å²) < 4.78 is 4.66. The van der Waals surface area contributed by atoms with Gasteiger partial charge in [0.15, 0.2) is 10.8 Å². The van der Waals surface area contributed by atoms with Crippen LogP contribution >= 0.6 is 22.7 Å². The van der Waals surface area contributed by atoms with Gasteiger partial charge >= 0.3 is 5.97 Å². The summed E-state index contributed by atoms with van der Waals surface area (Å²) in [6.45, 7) is 4.43. The van der Waals surface area contributed by atoms with E-state index in [-0.39, 0.29) is 0 Å². The van der Waals surface area contributed by atoms with Crippen LogP contribution in [0.25, 0.3) is 0 Å². The molecule has 0 aliphatic heterocycles. The molecule has 0 aromatic carbocycles. The first-order chi connectivity index (χ1) is 8.60. The first kappa shape index (κ1) is 13.0. The molecule has 0 saturated heterocycles. The van der Waals surface area contributed by atoms with Gasteiger partial charge in [-0.2, -0.15) is 0 Å². The van der Waals surface area contributed by atoms with Gasteiger partial charge in [0.1, 0.15) is 5.01 Å². The Morgan fingerprint density at radius 1 is 1.44 bits per heavy atom. The first-order valence-corrected chi connectivity index (χ1v) is 7.00. The van der Waals surface area contributed by atoms with Gasteiger partial charge in [0.05, 0.1) is 13.7 Å². The minimum Gasteiger partial charge on any atom is -0.464 e. The lowest BCUT2D eigenvalue weighted by molar-refractivity contribution is 0.0594. The maximum atomic E-state index is 11.4. The molecule has 0 unspecified atom stereocenters. The van der Waals surface area contributed by atoms with Crippen molar-refractivity contribution in [3.8, 4) is 0 Å². The number of nitrogens with zero attached hydrogens (tertiary/aromatic N) is 2. The van der Waals surface area contributed by atoms with Crippen molar-refractivity contribution in [1.29, 1.82) is 0 Å². The molecule has 7 heteroatoms. The van der Waals surface area contributed by atoms with Crippen molar-refractivity contribution in [2.45, 2.75) is 20.4 Å². The van der Waals surface area contributed by atoms with Crippen LogP contribution in [-0.4, -0.2) is 23.0 Å². The average Bonchev–Trinajstić information content (AvgIpc) is 2.92. The molecule has 0 bridgehead atoms. The average molecular weight is 283 g/mol. The number of rotatable bonds is 4. The maximum Gasteiger partial charge on any atom is 0.357 e. The van der Waals surface area contributed by atoms with E-state index in [1.54, 1.807) is 11.3 Å². The van der Waals surface area contributed by atoms with Crippen LogP contribution in [0.2, 0.25) is 0 Å². The molecule has 0 spiro atoms. The zero-order valence-electron chi connectivity index (χ0n) is 10.3. The highest BCUT2D eigenvalue weighted by Gasteiger charge is 2.15. The molecule has 0 fully saturated rings. The number of aryl methyl sites for hydroxylation is 2. The van der Waals surface area contributed by atoms with E-state index in [0.29, 0.717) is 17.4 Å². The lowest BCUT2D eigenvalue weighted by Gasteiger charge is -1.98. The molecule has 0 aliphatic carbocycles. The lowest BCUT2D eigenvalue weighted by Crippen LogP contribution is -2.04. The highest BCUT2D eigenvalue weighted by atomic mass is 32.1. The molecule has 2 aromatic heterocycles. The van der Waals surface area contributed by atoms with Crippen LogP contribution in [-0.2, 0) is 11.3 Å². The molecule has 5 nitrogen and oxygen atoms in total. The Balaban J connectivity index is 2.04. The Morgan fingerprint density at radius 2 is 2.22 bits per heavy atom. The smallest absolute Gasteiger partial charge is 0.357 e. The van der Waals surface area contributed by atoms with E-state index < -0.39 is 5.97 Å². The Morgan fingerprint density at radius 3 is 2.83 bits per heavy atom. The van der Waals surface area contributed by atoms with E-state index in [2.05, 4.69) is 20.0 Å². The normalized spacial score (nSPS) is 10.4. The van der Waals surface area contributed by atoms with E-state index in [9.17, 15) is 4.79 Å². The van der Waals surface area contributed by atoms with Crippen molar-refractivity contribution < 1.29 is 9.53 Å². The van der Waals surface area contributed by atoms with Crippen molar-refractivity contribution in [2.24, 2.45) is 0 Å². The second-order valence-corrected chi connectivity index (χ2v) is 5.80. The summed E-state index contributed by atoms with van der Waals surface area (Å²) in [7, 11) is 1.35. The number of carbonyl (C=O) groups is 1. The topological polar surface area (TPSA) is 64.1 Å². The number of esters is 1. The number of aromatic nitrogens is 2. The van der Waals surface area contributed by atoms with Gasteiger partial charge in [-0.15, -0.1) is 22.7 Å². The predicted octanol–water partition coefficient (Wildman–Crippen LogP) is 2.62. The minimum absolute atomic E-state index is 0.375. The summed E-state index contributed by atoms with van der Waals surface area (Å²) in [6.07, 6.45) is 0. The standard InChI is InChI=1S/C11H13N3O2S2/c1-6-5-17-8(13-6)4-12-11-14-9(7(2)18-11)10(15)16-3/h5H,4H2,1-3H3,(H,12,14). The van der Waals surface area contributed by atoms with Crippen LogP contribution in [0.3, 0.4) is 0 Å². The molecule has 18 heavy (non-hydrogen) atoms. The van der Waals surface area contributed by atoms with Crippen molar-refractivity contribution in [3.63, 3.8) is 0 Å². The van der Waals surface area contributed by atoms with Crippen LogP contribution in [0.4, 0.5) is 5.13 Å². The molecule has 96 valence electrons.